The van der Waals surface area contributed by atoms with Gasteiger partial charge in [0, 0.05) is 17.4 Å². The van der Waals surface area contributed by atoms with Crippen LogP contribution in [0.25, 0.3) is 32.9 Å². The Morgan fingerprint density at radius 1 is 0.738 bits per heavy atom. The first-order valence-electron chi connectivity index (χ1n) is 18.9. The van der Waals surface area contributed by atoms with Gasteiger partial charge in [0.2, 0.25) is 9.47 Å². The third-order valence-corrected chi connectivity index (χ3v) is 12.8. The van der Waals surface area contributed by atoms with Gasteiger partial charge < -0.3 is 20.1 Å². The summed E-state index contributed by atoms with van der Waals surface area (Å²) in [7, 11) is 1.38. The molecule has 0 bridgehead atoms. The molecule has 1 saturated heterocycles. The van der Waals surface area contributed by atoms with E-state index in [0.29, 0.717) is 37.7 Å². The topological polar surface area (TPSA) is 205 Å². The zero-order chi connectivity index (χ0) is 41.2. The molecule has 3 aliphatic rings. The van der Waals surface area contributed by atoms with Gasteiger partial charge in [-0.25, -0.2) is 0 Å². The van der Waals surface area contributed by atoms with E-state index in [1.54, 1.807) is 0 Å². The number of nitrogens with zero attached hydrogens (tertiary/aromatic N) is 6. The average Bonchev–Trinajstić information content (AvgIpc) is 4.16. The predicted molar refractivity (Wildman–Crippen MR) is 241 cm³/mol. The molecule has 0 radical (unpaired) electrons. The van der Waals surface area contributed by atoms with Gasteiger partial charge in [0.25, 0.3) is 0 Å². The number of halogens is 2. The number of carboxylic acid groups (broad SMARTS) is 1. The number of aromatic nitrogens is 6. The SMILES string of the molecule is C.CCC1CCCO1.COC(=O)CSc1nnc(Br)n1-c1ccc(C2CC2)c2ccccc12.O=C(O)CSc1nnc(Br)n1-c1ccc(C2CC2)c2ccccc12.OO.[Li+].[OH-]. The molecule has 3 heterocycles. The summed E-state index contributed by atoms with van der Waals surface area (Å²) in [5.41, 5.74) is 4.76. The van der Waals surface area contributed by atoms with Gasteiger partial charge in [0.05, 0.1) is 36.1 Å². The number of thioether (sulfide) groups is 2. The molecule has 1 atom stereocenters. The van der Waals surface area contributed by atoms with Crippen molar-refractivity contribution in [2.24, 2.45) is 0 Å². The van der Waals surface area contributed by atoms with Crippen LogP contribution in [0.4, 0.5) is 0 Å². The summed E-state index contributed by atoms with van der Waals surface area (Å²) in [6, 6.07) is 25.3. The number of methoxy groups -OCH3 is 1. The molecule has 3 fully saturated rings. The van der Waals surface area contributed by atoms with Gasteiger partial charge in [-0.15, -0.1) is 20.4 Å². The minimum atomic E-state index is -0.875. The van der Waals surface area contributed by atoms with E-state index in [2.05, 4.69) is 120 Å². The fraction of sp³-hybridized carbons (Fsp3) is 0.381. The fourth-order valence-corrected chi connectivity index (χ4v) is 9.43. The smallest absolute Gasteiger partial charge is 0.870 e. The first kappa shape index (κ1) is 52.1. The minimum absolute atomic E-state index is 0. The van der Waals surface area contributed by atoms with Crippen LogP contribution >= 0.6 is 55.4 Å². The average molecular weight is 997 g/mol. The summed E-state index contributed by atoms with van der Waals surface area (Å²) in [4.78, 5) is 22.3. The standard InChI is InChI=1S/C18H16BrN3O2S.C17H14BrN3O2S.C6H12O.CH4.Li.H2O2.H2O/c1-24-16(23)10-25-18-21-20-17(19)22(18)15-9-8-12(11-6-7-11)13-4-2-3-5-14(13)15;18-16-19-20-17(24-9-15(22)23)21(16)14-8-7-11(10-5-6-10)12-3-1-2-4-13(12)14;1-2-6-4-3-5-7-6;;;1-2;/h2-5,8-9,11H,6-7,10H2,1H3;1-4,7-8,10H,5-6,9H2,(H,22,23);6H,2-5H2,1H3;1H4;;1-2H;1H2/q;;;;+1;;/p-1. The van der Waals surface area contributed by atoms with E-state index in [1.165, 1.54) is 85.7 Å². The number of carbonyl (C=O) groups excluding carboxylic acids is 1. The van der Waals surface area contributed by atoms with Crippen LogP contribution in [0.15, 0.2) is 92.6 Å². The van der Waals surface area contributed by atoms with Crippen molar-refractivity contribution in [3.05, 3.63) is 93.4 Å². The third kappa shape index (κ3) is 13.1. The normalized spacial score (nSPS) is 15.0. The van der Waals surface area contributed by atoms with E-state index in [4.69, 9.17) is 25.1 Å². The predicted octanol–water partition coefficient (Wildman–Crippen LogP) is 7.62. The molecule has 0 amide bonds. The molecule has 322 valence electrons. The fourth-order valence-electron chi connectivity index (χ4n) is 6.88. The van der Waals surface area contributed by atoms with Crippen LogP contribution in [0.2, 0.25) is 0 Å². The number of carbonyl (C=O) groups is 2. The van der Waals surface area contributed by atoms with Gasteiger partial charge in [-0.1, -0.05) is 98.5 Å². The molecule has 19 heteroatoms. The Bertz CT molecular complexity index is 2360. The summed E-state index contributed by atoms with van der Waals surface area (Å²) < 4.78 is 15.0. The zero-order valence-corrected chi connectivity index (χ0v) is 38.2. The number of fused-ring (bicyclic) bond motifs is 2. The van der Waals surface area contributed by atoms with Crippen molar-refractivity contribution < 1.29 is 59.0 Å². The first-order valence-corrected chi connectivity index (χ1v) is 22.4. The maximum Gasteiger partial charge on any atom is 1.00 e. The quantitative estimate of drug-likeness (QED) is 0.0376. The number of carboxylic acids is 1. The van der Waals surface area contributed by atoms with Crippen LogP contribution < -0.4 is 18.9 Å². The van der Waals surface area contributed by atoms with Crippen molar-refractivity contribution in [2.45, 2.75) is 87.5 Å². The van der Waals surface area contributed by atoms with E-state index in [1.807, 2.05) is 21.3 Å². The molecule has 1 unspecified atom stereocenters. The molecular formula is C42H49Br2LiN6O8S2. The summed E-state index contributed by atoms with van der Waals surface area (Å²) in [5, 5.41) is 43.4. The van der Waals surface area contributed by atoms with Gasteiger partial charge >= 0.3 is 30.8 Å². The van der Waals surface area contributed by atoms with Crippen molar-refractivity contribution in [1.82, 2.24) is 29.5 Å². The van der Waals surface area contributed by atoms with E-state index in [0.717, 1.165) is 40.5 Å². The number of hydrogen-bond donors (Lipinski definition) is 3. The number of hydrogen-bond acceptors (Lipinski definition) is 13. The zero-order valence-electron chi connectivity index (χ0n) is 33.4. The largest absolute Gasteiger partial charge is 1.00 e. The van der Waals surface area contributed by atoms with Crippen LogP contribution in [0, 0.1) is 0 Å². The maximum atomic E-state index is 11.5. The number of esters is 1. The van der Waals surface area contributed by atoms with Crippen LogP contribution in [0.1, 0.15) is 82.3 Å². The van der Waals surface area contributed by atoms with Gasteiger partial charge in [-0.3, -0.25) is 29.2 Å². The Kier molecular flexibility index (Phi) is 21.4. The third-order valence-electron chi connectivity index (χ3n) is 9.92. The molecule has 61 heavy (non-hydrogen) atoms. The molecule has 2 aromatic heterocycles. The second-order valence-corrected chi connectivity index (χ2v) is 17.1. The van der Waals surface area contributed by atoms with Crippen molar-refractivity contribution in [3.63, 3.8) is 0 Å². The molecule has 1 aliphatic heterocycles. The van der Waals surface area contributed by atoms with E-state index < -0.39 is 5.97 Å². The molecule has 6 aromatic rings. The molecule has 2 saturated carbocycles. The maximum absolute atomic E-state index is 11.5. The summed E-state index contributed by atoms with van der Waals surface area (Å²) in [5.74, 6) is 0.318. The number of ether oxygens (including phenoxy) is 2. The Morgan fingerprint density at radius 2 is 1.18 bits per heavy atom. The Balaban J connectivity index is 0.000000261. The Labute approximate surface area is 392 Å². The summed E-state index contributed by atoms with van der Waals surface area (Å²) >= 11 is 9.39. The van der Waals surface area contributed by atoms with Gasteiger partial charge in [-0.05, 0) is 123 Å². The van der Waals surface area contributed by atoms with E-state index in [9.17, 15) is 9.59 Å². The van der Waals surface area contributed by atoms with E-state index in [-0.39, 0.29) is 49.2 Å². The number of aliphatic carboxylic acids is 1. The summed E-state index contributed by atoms with van der Waals surface area (Å²) in [6.45, 7) is 3.18. The Hall–Kier alpha value is -3.28. The van der Waals surface area contributed by atoms with Crippen LogP contribution in [-0.2, 0) is 19.1 Å². The van der Waals surface area contributed by atoms with Crippen molar-refractivity contribution >= 4 is 88.9 Å². The molecular weight excluding hydrogens is 947 g/mol. The number of benzene rings is 4. The van der Waals surface area contributed by atoms with Crippen LogP contribution in [0.5, 0.6) is 0 Å². The van der Waals surface area contributed by atoms with E-state index >= 15 is 0 Å². The Morgan fingerprint density at radius 3 is 1.54 bits per heavy atom. The van der Waals surface area contributed by atoms with Gasteiger partial charge in [0.15, 0.2) is 10.3 Å². The second kappa shape index (κ2) is 25.1. The second-order valence-electron chi connectivity index (χ2n) is 13.8. The minimum Gasteiger partial charge on any atom is -0.870 e. The van der Waals surface area contributed by atoms with Gasteiger partial charge in [0.1, 0.15) is 0 Å². The molecule has 2 aliphatic carbocycles. The van der Waals surface area contributed by atoms with Crippen molar-refractivity contribution in [3.8, 4) is 11.4 Å². The number of rotatable bonds is 11. The van der Waals surface area contributed by atoms with Crippen LogP contribution in [-0.4, -0.2) is 93.9 Å². The van der Waals surface area contributed by atoms with Crippen molar-refractivity contribution in [1.29, 1.82) is 0 Å². The van der Waals surface area contributed by atoms with Crippen LogP contribution in [0.3, 0.4) is 0 Å². The molecule has 4 aromatic carbocycles. The molecule has 9 rings (SSSR count). The molecule has 14 nitrogen and oxygen atoms in total. The first-order chi connectivity index (χ1) is 28.3. The molecule has 0 spiro atoms. The van der Waals surface area contributed by atoms with Gasteiger partial charge in [-0.2, -0.15) is 0 Å². The summed E-state index contributed by atoms with van der Waals surface area (Å²) in [6.07, 6.45) is 9.38. The molecule has 4 N–H and O–H groups in total. The van der Waals surface area contributed by atoms with Crippen molar-refractivity contribution in [2.75, 3.05) is 25.2 Å². The monoisotopic (exact) mass is 994 g/mol.